The first-order valence-corrected chi connectivity index (χ1v) is 7.18. The van der Waals surface area contributed by atoms with Gasteiger partial charge in [-0.2, -0.15) is 4.99 Å². The van der Waals surface area contributed by atoms with Crippen LogP contribution in [0.5, 0.6) is 0 Å². The Bertz CT molecular complexity index is 496. The van der Waals surface area contributed by atoms with Gasteiger partial charge in [-0.3, -0.25) is 4.79 Å². The van der Waals surface area contributed by atoms with Crippen molar-refractivity contribution in [3.63, 3.8) is 0 Å². The topological polar surface area (TPSA) is 47.9 Å². The number of ether oxygens (including phenoxy) is 2. The largest absolute Gasteiger partial charge is 0.450 e. The molecule has 0 saturated carbocycles. The number of hydrogen-bond acceptors (Lipinski definition) is 4. The van der Waals surface area contributed by atoms with Gasteiger partial charge >= 0.3 is 6.08 Å². The Hall–Kier alpha value is -1.84. The van der Waals surface area contributed by atoms with E-state index in [4.69, 9.17) is 9.47 Å². The minimum Gasteiger partial charge on any atom is -0.450 e. The molecule has 0 saturated heterocycles. The number of carbonyl (C=O) groups is 1. The highest BCUT2D eigenvalue weighted by molar-refractivity contribution is 5.80. The van der Waals surface area contributed by atoms with E-state index in [1.54, 1.807) is 0 Å². The summed E-state index contributed by atoms with van der Waals surface area (Å²) in [5.41, 5.74) is 2.64. The Morgan fingerprint density at radius 2 is 2.20 bits per heavy atom. The summed E-state index contributed by atoms with van der Waals surface area (Å²) in [6.07, 6.45) is 4.88. The van der Waals surface area contributed by atoms with Crippen molar-refractivity contribution < 1.29 is 14.3 Å². The second kappa shape index (κ2) is 7.08. The van der Waals surface area contributed by atoms with Crippen LogP contribution < -0.4 is 0 Å². The number of aliphatic imine (C=N–C) groups is 1. The molecule has 0 aromatic heterocycles. The molecule has 4 heteroatoms. The van der Waals surface area contributed by atoms with Gasteiger partial charge in [-0.05, 0) is 25.5 Å². The Morgan fingerprint density at radius 3 is 2.95 bits per heavy atom. The number of rotatable bonds is 6. The molecule has 1 aliphatic heterocycles. The number of unbranched alkanes of at least 4 members (excludes halogenated alkanes) is 3. The normalized spacial score (nSPS) is 16.9. The maximum Gasteiger partial charge on any atom is 0.389 e. The van der Waals surface area contributed by atoms with Gasteiger partial charge in [-0.15, -0.1) is 0 Å². The molecule has 0 amide bonds. The molecule has 1 atom stereocenters. The molecular weight excluding hydrogens is 254 g/mol. The molecule has 4 nitrogen and oxygen atoms in total. The third-order valence-electron chi connectivity index (χ3n) is 3.28. The number of benzene rings is 1. The summed E-state index contributed by atoms with van der Waals surface area (Å²) < 4.78 is 11.0. The maximum atomic E-state index is 11.2. The number of fused-ring (bicyclic) bond motifs is 1. The van der Waals surface area contributed by atoms with Gasteiger partial charge in [0.15, 0.2) is 12.4 Å². The van der Waals surface area contributed by atoms with Crippen molar-refractivity contribution in [2.24, 2.45) is 4.99 Å². The lowest BCUT2D eigenvalue weighted by molar-refractivity contribution is -0.115. The van der Waals surface area contributed by atoms with Gasteiger partial charge in [0.25, 0.3) is 0 Å². The molecule has 1 aromatic rings. The van der Waals surface area contributed by atoms with Crippen LogP contribution in [-0.4, -0.2) is 19.0 Å². The Morgan fingerprint density at radius 1 is 1.35 bits per heavy atom. The van der Waals surface area contributed by atoms with E-state index in [9.17, 15) is 4.79 Å². The van der Waals surface area contributed by atoms with Crippen molar-refractivity contribution in [2.75, 3.05) is 6.61 Å². The molecule has 20 heavy (non-hydrogen) atoms. The number of aldehydes is 1. The molecule has 1 aromatic carbocycles. The van der Waals surface area contributed by atoms with Crippen LogP contribution in [-0.2, 0) is 14.3 Å². The monoisotopic (exact) mass is 275 g/mol. The van der Waals surface area contributed by atoms with Crippen LogP contribution in [0.4, 0.5) is 5.69 Å². The van der Waals surface area contributed by atoms with Crippen molar-refractivity contribution in [3.05, 3.63) is 29.3 Å². The van der Waals surface area contributed by atoms with Gasteiger partial charge < -0.3 is 9.47 Å². The summed E-state index contributed by atoms with van der Waals surface area (Å²) in [7, 11) is 0. The molecule has 0 radical (unpaired) electrons. The Kier molecular flexibility index (Phi) is 5.16. The van der Waals surface area contributed by atoms with Gasteiger partial charge in [0.05, 0.1) is 12.3 Å². The SMILES string of the molecule is CCCCCCOC1=Nc2ccc(C)cc2C(C=O)O1. The fourth-order valence-corrected chi connectivity index (χ4v) is 2.16. The highest BCUT2D eigenvalue weighted by atomic mass is 16.7. The summed E-state index contributed by atoms with van der Waals surface area (Å²) in [5.74, 6) is 0. The molecule has 1 aliphatic rings. The van der Waals surface area contributed by atoms with E-state index >= 15 is 0 Å². The van der Waals surface area contributed by atoms with Gasteiger partial charge in [-0.1, -0.05) is 37.8 Å². The van der Waals surface area contributed by atoms with Crippen LogP contribution in [0.3, 0.4) is 0 Å². The van der Waals surface area contributed by atoms with Crippen LogP contribution in [0.25, 0.3) is 0 Å². The van der Waals surface area contributed by atoms with E-state index in [1.807, 2.05) is 25.1 Å². The standard InChI is InChI=1S/C16H21NO3/c1-3-4-5-6-9-19-16-17-14-8-7-12(2)10-13(14)15(11-18)20-16/h7-8,10-11,15H,3-6,9H2,1-2H3. The van der Waals surface area contributed by atoms with E-state index in [0.717, 1.165) is 35.9 Å². The van der Waals surface area contributed by atoms with Crippen LogP contribution in [0.15, 0.2) is 23.2 Å². The summed E-state index contributed by atoms with van der Waals surface area (Å²) >= 11 is 0. The van der Waals surface area contributed by atoms with Crippen LogP contribution in [0.1, 0.15) is 49.8 Å². The lowest BCUT2D eigenvalue weighted by atomic mass is 10.0. The molecule has 0 fully saturated rings. The predicted octanol–water partition coefficient (Wildman–Crippen LogP) is 3.85. The average molecular weight is 275 g/mol. The lowest BCUT2D eigenvalue weighted by Crippen LogP contribution is -2.20. The molecular formula is C16H21NO3. The fourth-order valence-electron chi connectivity index (χ4n) is 2.16. The summed E-state index contributed by atoms with van der Waals surface area (Å²) in [4.78, 5) is 15.5. The van der Waals surface area contributed by atoms with Gasteiger partial charge in [-0.25, -0.2) is 0 Å². The number of hydrogen-bond donors (Lipinski definition) is 0. The third-order valence-corrected chi connectivity index (χ3v) is 3.28. The van der Waals surface area contributed by atoms with E-state index < -0.39 is 6.10 Å². The minimum atomic E-state index is -0.618. The highest BCUT2D eigenvalue weighted by Gasteiger charge is 2.24. The fraction of sp³-hybridized carbons (Fsp3) is 0.500. The zero-order valence-corrected chi connectivity index (χ0v) is 12.1. The van der Waals surface area contributed by atoms with Gasteiger partial charge in [0.1, 0.15) is 0 Å². The lowest BCUT2D eigenvalue weighted by Gasteiger charge is -2.22. The smallest absolute Gasteiger partial charge is 0.389 e. The van der Waals surface area contributed by atoms with Crippen LogP contribution >= 0.6 is 0 Å². The summed E-state index contributed by atoms with van der Waals surface area (Å²) in [6.45, 7) is 4.72. The summed E-state index contributed by atoms with van der Waals surface area (Å²) in [5, 5.41) is 0. The van der Waals surface area contributed by atoms with Crippen LogP contribution in [0, 0.1) is 6.92 Å². The molecule has 2 rings (SSSR count). The first kappa shape index (κ1) is 14.6. The molecule has 0 aliphatic carbocycles. The molecule has 1 unspecified atom stereocenters. The van der Waals surface area contributed by atoms with Crippen molar-refractivity contribution in [2.45, 2.75) is 45.6 Å². The van der Waals surface area contributed by atoms with E-state index in [1.165, 1.54) is 12.8 Å². The molecule has 0 spiro atoms. The van der Waals surface area contributed by atoms with Crippen molar-refractivity contribution in [3.8, 4) is 0 Å². The second-order valence-electron chi connectivity index (χ2n) is 5.02. The number of aryl methyl sites for hydroxylation is 1. The Balaban J connectivity index is 2.01. The predicted molar refractivity (Wildman–Crippen MR) is 78.3 cm³/mol. The first-order valence-electron chi connectivity index (χ1n) is 7.18. The molecule has 108 valence electrons. The highest BCUT2D eigenvalue weighted by Crippen LogP contribution is 2.32. The first-order chi connectivity index (χ1) is 9.74. The van der Waals surface area contributed by atoms with Gasteiger partial charge in [0, 0.05) is 5.56 Å². The molecule has 0 bridgehead atoms. The van der Waals surface area contributed by atoms with Crippen molar-refractivity contribution in [1.82, 2.24) is 0 Å². The minimum absolute atomic E-state index is 0.204. The quantitative estimate of drug-likeness (QED) is 0.585. The zero-order valence-electron chi connectivity index (χ0n) is 12.1. The van der Waals surface area contributed by atoms with Crippen molar-refractivity contribution >= 4 is 18.1 Å². The third kappa shape index (κ3) is 3.59. The van der Waals surface area contributed by atoms with E-state index in [0.29, 0.717) is 6.61 Å². The maximum absolute atomic E-state index is 11.2. The average Bonchev–Trinajstić information content (AvgIpc) is 2.46. The van der Waals surface area contributed by atoms with E-state index in [2.05, 4.69) is 11.9 Å². The number of nitrogens with zero attached hydrogens (tertiary/aromatic N) is 1. The molecule has 0 N–H and O–H groups in total. The Labute approximate surface area is 119 Å². The van der Waals surface area contributed by atoms with Crippen LogP contribution in [0.2, 0.25) is 0 Å². The van der Waals surface area contributed by atoms with Gasteiger partial charge in [0.2, 0.25) is 0 Å². The number of carbonyl (C=O) groups excluding carboxylic acids is 1. The molecule has 1 heterocycles. The second-order valence-corrected chi connectivity index (χ2v) is 5.02. The van der Waals surface area contributed by atoms with E-state index in [-0.39, 0.29) is 6.08 Å². The zero-order chi connectivity index (χ0) is 14.4. The van der Waals surface area contributed by atoms with Crippen molar-refractivity contribution in [1.29, 1.82) is 0 Å². The summed E-state index contributed by atoms with van der Waals surface area (Å²) in [6, 6.07) is 5.79.